The Hall–Kier alpha value is -1.32. The van der Waals surface area contributed by atoms with Gasteiger partial charge < -0.3 is 10.0 Å². The normalized spacial score (nSPS) is 16.2. The first kappa shape index (κ1) is 14.6. The summed E-state index contributed by atoms with van der Waals surface area (Å²) in [6, 6.07) is 15.0. The zero-order valence-electron chi connectivity index (χ0n) is 12.2. The number of fused-ring (bicyclic) bond motifs is 1. The summed E-state index contributed by atoms with van der Waals surface area (Å²) < 4.78 is 0.983. The van der Waals surface area contributed by atoms with E-state index in [1.165, 1.54) is 16.8 Å². The van der Waals surface area contributed by atoms with Crippen molar-refractivity contribution in [3.63, 3.8) is 0 Å². The van der Waals surface area contributed by atoms with Crippen LogP contribution in [0.5, 0.6) is 0 Å². The highest BCUT2D eigenvalue weighted by atomic mass is 79.9. The maximum atomic E-state index is 9.73. The van der Waals surface area contributed by atoms with Crippen molar-refractivity contribution in [3.8, 4) is 0 Å². The van der Waals surface area contributed by atoms with Gasteiger partial charge in [0, 0.05) is 23.2 Å². The highest BCUT2D eigenvalue weighted by Crippen LogP contribution is 2.29. The van der Waals surface area contributed by atoms with E-state index in [0.29, 0.717) is 0 Å². The summed E-state index contributed by atoms with van der Waals surface area (Å²) in [6.45, 7) is 3.87. The van der Waals surface area contributed by atoms with Crippen molar-refractivity contribution in [2.45, 2.75) is 25.9 Å². The van der Waals surface area contributed by atoms with E-state index >= 15 is 0 Å². The molecule has 0 saturated carbocycles. The Morgan fingerprint density at radius 3 is 2.19 bits per heavy atom. The molecule has 0 aliphatic carbocycles. The molecule has 0 radical (unpaired) electrons. The van der Waals surface area contributed by atoms with Gasteiger partial charge in [0.2, 0.25) is 0 Å². The van der Waals surface area contributed by atoms with Gasteiger partial charge in [-0.05, 0) is 48.6 Å². The number of aliphatic hydroxyl groups excluding tert-OH is 1. The molecule has 0 spiro atoms. The molecule has 1 atom stereocenters. The zero-order valence-corrected chi connectivity index (χ0v) is 13.8. The molecule has 2 aromatic carbocycles. The van der Waals surface area contributed by atoms with Gasteiger partial charge in [0.1, 0.15) is 0 Å². The van der Waals surface area contributed by atoms with Gasteiger partial charge in [-0.3, -0.25) is 0 Å². The Labute approximate surface area is 134 Å². The number of halogens is 1. The summed E-state index contributed by atoms with van der Waals surface area (Å²) >= 11 is 3.58. The van der Waals surface area contributed by atoms with Crippen molar-refractivity contribution in [2.24, 2.45) is 0 Å². The third-order valence-electron chi connectivity index (χ3n) is 4.22. The van der Waals surface area contributed by atoms with Gasteiger partial charge in [-0.25, -0.2) is 0 Å². The minimum absolute atomic E-state index is 0.443. The standard InChI is InChI=1S/C18H20BrNO/c1-13(21)17-7-6-16(12-18(17)19)20-10-8-14-4-2-3-5-15(14)9-11-20/h2-7,12-13,21H,8-11H2,1H3/t13-/m0/s1. The predicted octanol–water partition coefficient (Wildman–Crippen LogP) is 4.11. The monoisotopic (exact) mass is 345 g/mol. The first-order valence-electron chi connectivity index (χ1n) is 7.44. The van der Waals surface area contributed by atoms with E-state index in [1.807, 2.05) is 6.07 Å². The van der Waals surface area contributed by atoms with Crippen LogP contribution in [0.15, 0.2) is 46.9 Å². The Kier molecular flexibility index (Phi) is 4.32. The molecule has 1 aliphatic heterocycles. The van der Waals surface area contributed by atoms with Crippen LogP contribution >= 0.6 is 15.9 Å². The molecular weight excluding hydrogens is 326 g/mol. The summed E-state index contributed by atoms with van der Waals surface area (Å²) in [4.78, 5) is 2.43. The summed E-state index contributed by atoms with van der Waals surface area (Å²) in [6.07, 6.45) is 1.74. The van der Waals surface area contributed by atoms with Crippen LogP contribution in [-0.2, 0) is 12.8 Å². The third kappa shape index (κ3) is 3.14. The number of nitrogens with zero attached hydrogens (tertiary/aromatic N) is 1. The minimum atomic E-state index is -0.443. The number of hydrogen-bond donors (Lipinski definition) is 1. The average Bonchev–Trinajstić information content (AvgIpc) is 2.69. The lowest BCUT2D eigenvalue weighted by Gasteiger charge is -2.23. The van der Waals surface area contributed by atoms with Crippen LogP contribution in [0.1, 0.15) is 29.7 Å². The highest BCUT2D eigenvalue weighted by molar-refractivity contribution is 9.10. The van der Waals surface area contributed by atoms with Gasteiger partial charge in [-0.15, -0.1) is 0 Å². The summed E-state index contributed by atoms with van der Waals surface area (Å²) in [5, 5.41) is 9.73. The Morgan fingerprint density at radius 2 is 1.67 bits per heavy atom. The minimum Gasteiger partial charge on any atom is -0.389 e. The fourth-order valence-electron chi connectivity index (χ4n) is 2.98. The Morgan fingerprint density at radius 1 is 1.05 bits per heavy atom. The van der Waals surface area contributed by atoms with Gasteiger partial charge in [0.15, 0.2) is 0 Å². The van der Waals surface area contributed by atoms with E-state index < -0.39 is 6.10 Å². The van der Waals surface area contributed by atoms with Crippen LogP contribution in [0.4, 0.5) is 5.69 Å². The van der Waals surface area contributed by atoms with Crippen LogP contribution in [-0.4, -0.2) is 18.2 Å². The number of hydrogen-bond acceptors (Lipinski definition) is 2. The number of anilines is 1. The second kappa shape index (κ2) is 6.20. The van der Waals surface area contributed by atoms with E-state index in [2.05, 4.69) is 57.2 Å². The average molecular weight is 346 g/mol. The molecule has 2 aromatic rings. The maximum absolute atomic E-state index is 9.73. The summed E-state index contributed by atoms with van der Waals surface area (Å²) in [5.41, 5.74) is 5.11. The van der Waals surface area contributed by atoms with Crippen molar-refractivity contribution < 1.29 is 5.11 Å². The predicted molar refractivity (Wildman–Crippen MR) is 90.8 cm³/mol. The van der Waals surface area contributed by atoms with Gasteiger partial charge in [-0.1, -0.05) is 46.3 Å². The van der Waals surface area contributed by atoms with Crippen LogP contribution in [0, 0.1) is 0 Å². The Balaban J connectivity index is 1.81. The van der Waals surface area contributed by atoms with Crippen molar-refractivity contribution >= 4 is 21.6 Å². The lowest BCUT2D eigenvalue weighted by Crippen LogP contribution is -2.26. The van der Waals surface area contributed by atoms with Crippen LogP contribution in [0.2, 0.25) is 0 Å². The number of rotatable bonds is 2. The molecule has 0 amide bonds. The molecule has 2 nitrogen and oxygen atoms in total. The molecule has 0 fully saturated rings. The highest BCUT2D eigenvalue weighted by Gasteiger charge is 2.15. The molecule has 1 N–H and O–H groups in total. The van der Waals surface area contributed by atoms with Crippen molar-refractivity contribution in [1.82, 2.24) is 0 Å². The SMILES string of the molecule is C[C@H](O)c1ccc(N2CCc3ccccc3CC2)cc1Br. The van der Waals surface area contributed by atoms with E-state index in [0.717, 1.165) is 36.0 Å². The summed E-state index contributed by atoms with van der Waals surface area (Å²) in [5.74, 6) is 0. The molecular formula is C18H20BrNO. The van der Waals surface area contributed by atoms with E-state index in [1.54, 1.807) is 6.92 Å². The Bertz CT molecular complexity index is 612. The molecule has 3 rings (SSSR count). The van der Waals surface area contributed by atoms with E-state index in [9.17, 15) is 5.11 Å². The van der Waals surface area contributed by atoms with Gasteiger partial charge in [0.05, 0.1) is 6.10 Å². The number of benzene rings is 2. The smallest absolute Gasteiger partial charge is 0.0772 e. The molecule has 21 heavy (non-hydrogen) atoms. The van der Waals surface area contributed by atoms with Gasteiger partial charge in [0.25, 0.3) is 0 Å². The second-order valence-electron chi connectivity index (χ2n) is 5.64. The summed E-state index contributed by atoms with van der Waals surface area (Å²) in [7, 11) is 0. The number of aliphatic hydroxyl groups is 1. The molecule has 0 unspecified atom stereocenters. The molecule has 110 valence electrons. The fourth-order valence-corrected chi connectivity index (χ4v) is 3.68. The van der Waals surface area contributed by atoms with Crippen molar-refractivity contribution in [1.29, 1.82) is 0 Å². The maximum Gasteiger partial charge on any atom is 0.0772 e. The van der Waals surface area contributed by atoms with Gasteiger partial charge in [-0.2, -0.15) is 0 Å². The largest absolute Gasteiger partial charge is 0.389 e. The van der Waals surface area contributed by atoms with Crippen molar-refractivity contribution in [3.05, 3.63) is 63.6 Å². The molecule has 1 heterocycles. The third-order valence-corrected chi connectivity index (χ3v) is 4.91. The van der Waals surface area contributed by atoms with Crippen LogP contribution < -0.4 is 4.90 Å². The molecule has 0 bridgehead atoms. The van der Waals surface area contributed by atoms with Crippen molar-refractivity contribution in [2.75, 3.05) is 18.0 Å². The van der Waals surface area contributed by atoms with E-state index in [4.69, 9.17) is 0 Å². The quantitative estimate of drug-likeness (QED) is 0.885. The van der Waals surface area contributed by atoms with E-state index in [-0.39, 0.29) is 0 Å². The van der Waals surface area contributed by atoms with Crippen LogP contribution in [0.25, 0.3) is 0 Å². The first-order valence-corrected chi connectivity index (χ1v) is 8.23. The zero-order chi connectivity index (χ0) is 14.8. The van der Waals surface area contributed by atoms with Gasteiger partial charge >= 0.3 is 0 Å². The molecule has 0 aromatic heterocycles. The van der Waals surface area contributed by atoms with Crippen LogP contribution in [0.3, 0.4) is 0 Å². The lowest BCUT2D eigenvalue weighted by molar-refractivity contribution is 0.198. The molecule has 1 aliphatic rings. The molecule has 0 saturated heterocycles. The first-order chi connectivity index (χ1) is 10.1. The topological polar surface area (TPSA) is 23.5 Å². The second-order valence-corrected chi connectivity index (χ2v) is 6.49. The molecule has 3 heteroatoms. The fraction of sp³-hybridized carbons (Fsp3) is 0.333. The lowest BCUT2D eigenvalue weighted by atomic mass is 10.0.